The molecule has 4 aromatic heterocycles. The fraction of sp³-hybridized carbons (Fsp3) is 0. The lowest BCUT2D eigenvalue weighted by Crippen LogP contribution is -2.03. The van der Waals surface area contributed by atoms with Gasteiger partial charge in [0.25, 0.3) is 0 Å². The monoisotopic (exact) mass is 868 g/mol. The van der Waals surface area contributed by atoms with Crippen LogP contribution in [0.1, 0.15) is 0 Å². The minimum atomic E-state index is 0.786. The third-order valence-electron chi connectivity index (χ3n) is 13.7. The van der Waals surface area contributed by atoms with Gasteiger partial charge in [-0.05, 0) is 60.7 Å². The zero-order chi connectivity index (χ0) is 44.7. The maximum atomic E-state index is 4.82. The van der Waals surface area contributed by atoms with Gasteiger partial charge in [-0.2, -0.15) is 0 Å². The van der Waals surface area contributed by atoms with Crippen molar-refractivity contribution in [1.29, 1.82) is 0 Å². The number of hydrogen-bond donors (Lipinski definition) is 0. The van der Waals surface area contributed by atoms with Crippen LogP contribution in [0.2, 0.25) is 0 Å². The van der Waals surface area contributed by atoms with Crippen molar-refractivity contribution in [3.8, 4) is 56.7 Å². The molecule has 0 spiro atoms. The molecule has 10 aromatic carbocycles. The minimum Gasteiger partial charge on any atom is -0.309 e. The highest BCUT2D eigenvalue weighted by atomic mass is 15.3. The normalized spacial score (nSPS) is 11.8. The van der Waals surface area contributed by atoms with Gasteiger partial charge in [-0.15, -0.1) is 10.2 Å². The molecule has 0 saturated heterocycles. The molecule has 0 aliphatic rings. The van der Waals surface area contributed by atoms with Crippen LogP contribution in [0, 0.1) is 0 Å². The van der Waals surface area contributed by atoms with E-state index >= 15 is 0 Å². The lowest BCUT2D eigenvalue weighted by Gasteiger charge is -2.19. The molecule has 0 saturated carbocycles. The van der Waals surface area contributed by atoms with Crippen molar-refractivity contribution in [3.63, 3.8) is 0 Å². The molecule has 0 bridgehead atoms. The smallest absolute Gasteiger partial charge is 0.168 e. The highest BCUT2D eigenvalue weighted by Gasteiger charge is 2.24. The third-order valence-corrected chi connectivity index (χ3v) is 13.7. The molecule has 6 nitrogen and oxygen atoms in total. The first-order valence-electron chi connectivity index (χ1n) is 23.1. The molecule has 0 N–H and O–H groups in total. The summed E-state index contributed by atoms with van der Waals surface area (Å²) in [5.74, 6) is 1.57. The second-order valence-electron chi connectivity index (χ2n) is 17.4. The summed E-state index contributed by atoms with van der Waals surface area (Å²) in [4.78, 5) is 0. The lowest BCUT2D eigenvalue weighted by molar-refractivity contribution is 1.07. The van der Waals surface area contributed by atoms with Crippen LogP contribution >= 0.6 is 0 Å². The summed E-state index contributed by atoms with van der Waals surface area (Å²) in [5, 5.41) is 16.9. The fourth-order valence-electron chi connectivity index (χ4n) is 10.8. The van der Waals surface area contributed by atoms with Crippen molar-refractivity contribution in [2.45, 2.75) is 0 Å². The number of hydrogen-bond acceptors (Lipinski definition) is 2. The summed E-state index contributed by atoms with van der Waals surface area (Å²) >= 11 is 0. The standard InChI is InChI=1S/C62H40N6/c1-4-20-41(21-5-1)61-63-64-62(42-22-6-2-7-23-42)66(61)44-36-37-49-47-28-12-18-34-55(47)68(58(49)40-44)54-33-17-11-27-46(54)45-26-10-16-32-53(45)67-56-35-19-14-30-51(56)59-57(67)39-38-50-48-29-13-15-31-52(48)65(60(50)59)43-24-8-3-9-25-43/h1-40H. The molecule has 0 atom stereocenters. The van der Waals surface area contributed by atoms with E-state index in [9.17, 15) is 0 Å². The Morgan fingerprint density at radius 1 is 0.265 bits per heavy atom. The van der Waals surface area contributed by atoms with E-state index in [1.165, 1.54) is 43.4 Å². The molecule has 0 aliphatic heterocycles. The molecule has 4 heterocycles. The van der Waals surface area contributed by atoms with Crippen LogP contribution in [0.5, 0.6) is 0 Å². The highest BCUT2D eigenvalue weighted by molar-refractivity contribution is 6.26. The first kappa shape index (κ1) is 38.1. The zero-order valence-electron chi connectivity index (χ0n) is 36.8. The SMILES string of the molecule is c1ccc(-c2nnc(-c3ccccc3)n2-c2ccc3c4ccccc4n(-c4ccccc4-c4ccccc4-n4c5ccccc5c5c4ccc4c6ccccc6n(-c6ccccc6)c45)c3c2)cc1. The van der Waals surface area contributed by atoms with E-state index in [1.54, 1.807) is 0 Å². The van der Waals surface area contributed by atoms with Gasteiger partial charge < -0.3 is 13.7 Å². The molecule has 0 fully saturated rings. The maximum Gasteiger partial charge on any atom is 0.168 e. The summed E-state index contributed by atoms with van der Waals surface area (Å²) in [5.41, 5.74) is 15.5. The number of aromatic nitrogens is 6. The summed E-state index contributed by atoms with van der Waals surface area (Å²) < 4.78 is 9.58. The van der Waals surface area contributed by atoms with Crippen molar-refractivity contribution in [2.75, 3.05) is 0 Å². The molecular weight excluding hydrogens is 829 g/mol. The Morgan fingerprint density at radius 2 is 0.706 bits per heavy atom. The first-order valence-corrected chi connectivity index (χ1v) is 23.1. The van der Waals surface area contributed by atoms with Gasteiger partial charge in [0.2, 0.25) is 0 Å². The van der Waals surface area contributed by atoms with Crippen LogP contribution < -0.4 is 0 Å². The summed E-state index contributed by atoms with van der Waals surface area (Å²) in [6.45, 7) is 0. The van der Waals surface area contributed by atoms with Crippen LogP contribution in [0.3, 0.4) is 0 Å². The predicted molar refractivity (Wildman–Crippen MR) is 281 cm³/mol. The quantitative estimate of drug-likeness (QED) is 0.160. The van der Waals surface area contributed by atoms with E-state index in [0.717, 1.165) is 78.7 Å². The Kier molecular flexibility index (Phi) is 8.48. The average molecular weight is 869 g/mol. The molecule has 14 rings (SSSR count). The van der Waals surface area contributed by atoms with Gasteiger partial charge in [0.15, 0.2) is 11.6 Å². The second-order valence-corrected chi connectivity index (χ2v) is 17.4. The second kappa shape index (κ2) is 15.2. The molecule has 0 aliphatic carbocycles. The first-order chi connectivity index (χ1) is 33.8. The fourth-order valence-corrected chi connectivity index (χ4v) is 10.8. The van der Waals surface area contributed by atoms with Crippen LogP contribution in [-0.4, -0.2) is 28.5 Å². The van der Waals surface area contributed by atoms with Crippen molar-refractivity contribution in [1.82, 2.24) is 28.5 Å². The van der Waals surface area contributed by atoms with Gasteiger partial charge in [-0.3, -0.25) is 4.57 Å². The number of benzene rings is 10. The van der Waals surface area contributed by atoms with Crippen molar-refractivity contribution in [3.05, 3.63) is 243 Å². The predicted octanol–water partition coefficient (Wildman–Crippen LogP) is 15.6. The number of para-hydroxylation sites is 6. The summed E-state index contributed by atoms with van der Waals surface area (Å²) in [7, 11) is 0. The van der Waals surface area contributed by atoms with Crippen LogP contribution in [-0.2, 0) is 0 Å². The Labute approximate surface area is 391 Å². The van der Waals surface area contributed by atoms with Gasteiger partial charge in [0.05, 0.1) is 50.2 Å². The van der Waals surface area contributed by atoms with Gasteiger partial charge in [-0.1, -0.05) is 182 Å². The van der Waals surface area contributed by atoms with Gasteiger partial charge in [-0.25, -0.2) is 0 Å². The van der Waals surface area contributed by atoms with E-state index in [0.29, 0.717) is 0 Å². The van der Waals surface area contributed by atoms with E-state index in [-0.39, 0.29) is 0 Å². The van der Waals surface area contributed by atoms with E-state index < -0.39 is 0 Å². The molecule has 318 valence electrons. The molecule has 6 heteroatoms. The van der Waals surface area contributed by atoms with Crippen molar-refractivity contribution >= 4 is 65.4 Å². The zero-order valence-corrected chi connectivity index (χ0v) is 36.8. The van der Waals surface area contributed by atoms with Crippen molar-refractivity contribution in [2.24, 2.45) is 0 Å². The van der Waals surface area contributed by atoms with Crippen molar-refractivity contribution < 1.29 is 0 Å². The summed E-state index contributed by atoms with van der Waals surface area (Å²) in [6, 6.07) is 87.1. The van der Waals surface area contributed by atoms with Gasteiger partial charge in [0, 0.05) is 60.3 Å². The molecule has 68 heavy (non-hydrogen) atoms. The van der Waals surface area contributed by atoms with Gasteiger partial charge >= 0.3 is 0 Å². The topological polar surface area (TPSA) is 45.5 Å². The number of fused-ring (bicyclic) bond motifs is 10. The Morgan fingerprint density at radius 3 is 1.32 bits per heavy atom. The van der Waals surface area contributed by atoms with E-state index in [1.807, 2.05) is 12.1 Å². The Bertz CT molecular complexity index is 4190. The Balaban J connectivity index is 1.02. The summed E-state index contributed by atoms with van der Waals surface area (Å²) in [6.07, 6.45) is 0. The third kappa shape index (κ3) is 5.64. The number of rotatable bonds is 7. The van der Waals surface area contributed by atoms with Crippen LogP contribution in [0.4, 0.5) is 0 Å². The minimum absolute atomic E-state index is 0.786. The largest absolute Gasteiger partial charge is 0.309 e. The molecule has 0 radical (unpaired) electrons. The molecule has 0 unspecified atom stereocenters. The van der Waals surface area contributed by atoms with E-state index in [2.05, 4.69) is 249 Å². The molecular formula is C62H40N6. The van der Waals surface area contributed by atoms with Crippen LogP contribution in [0.25, 0.3) is 122 Å². The van der Waals surface area contributed by atoms with Gasteiger partial charge in [0.1, 0.15) is 0 Å². The Hall–Kier alpha value is -9.26. The van der Waals surface area contributed by atoms with Crippen LogP contribution in [0.15, 0.2) is 243 Å². The number of nitrogens with zero attached hydrogens (tertiary/aromatic N) is 6. The van der Waals surface area contributed by atoms with E-state index in [4.69, 9.17) is 10.2 Å². The molecule has 14 aromatic rings. The molecule has 0 amide bonds. The maximum absolute atomic E-state index is 4.82. The highest BCUT2D eigenvalue weighted by Crippen LogP contribution is 2.45. The lowest BCUT2D eigenvalue weighted by atomic mass is 10.0. The average Bonchev–Trinajstić information content (AvgIpc) is 4.18.